The molecule has 0 spiro atoms. The first-order chi connectivity index (χ1) is 17.0. The zero-order valence-electron chi connectivity index (χ0n) is 19.8. The van der Waals surface area contributed by atoms with Crippen molar-refractivity contribution in [2.75, 3.05) is 39.3 Å². The molecule has 2 N–H and O–H groups in total. The van der Waals surface area contributed by atoms with E-state index in [4.69, 9.17) is 9.90 Å². The molecule has 0 aliphatic carbocycles. The number of rotatable bonds is 7. The van der Waals surface area contributed by atoms with E-state index in [1.165, 1.54) is 5.56 Å². The van der Waals surface area contributed by atoms with Gasteiger partial charge in [-0.15, -0.1) is 0 Å². The van der Waals surface area contributed by atoms with E-state index < -0.39 is 12.1 Å². The third-order valence-corrected chi connectivity index (χ3v) is 6.02. The molecule has 1 atom stereocenters. The first-order valence-corrected chi connectivity index (χ1v) is 12.2. The summed E-state index contributed by atoms with van der Waals surface area (Å²) in [6.45, 7) is 6.25. The number of halogens is 4. The van der Waals surface area contributed by atoms with Crippen molar-refractivity contribution < 1.29 is 32.7 Å². The number of hydrogen-bond acceptors (Lipinski definition) is 4. The van der Waals surface area contributed by atoms with Crippen molar-refractivity contribution in [3.05, 3.63) is 70.2 Å². The zero-order chi connectivity index (χ0) is 26.7. The van der Waals surface area contributed by atoms with Crippen molar-refractivity contribution >= 4 is 33.7 Å². The normalized spacial score (nSPS) is 14.3. The summed E-state index contributed by atoms with van der Waals surface area (Å²) in [5.41, 5.74) is 1.82. The van der Waals surface area contributed by atoms with E-state index in [2.05, 4.69) is 40.3 Å². The fourth-order valence-electron chi connectivity index (χ4n) is 3.60. The Morgan fingerprint density at radius 1 is 1.08 bits per heavy atom. The van der Waals surface area contributed by atoms with Crippen LogP contribution in [0.25, 0.3) is 0 Å². The first-order valence-electron chi connectivity index (χ1n) is 11.4. The second kappa shape index (κ2) is 14.0. The molecule has 0 bridgehead atoms. The summed E-state index contributed by atoms with van der Waals surface area (Å²) in [6, 6.07) is 17.6. The van der Waals surface area contributed by atoms with Crippen molar-refractivity contribution in [2.24, 2.45) is 0 Å². The minimum absolute atomic E-state index is 0.0396. The van der Waals surface area contributed by atoms with Gasteiger partial charge in [0.1, 0.15) is 0 Å². The average Bonchev–Trinajstić information content (AvgIpc) is 2.86. The number of carbonyl (C=O) groups excluding carboxylic acids is 2. The van der Waals surface area contributed by atoms with Crippen molar-refractivity contribution in [1.82, 2.24) is 15.1 Å². The molecule has 11 heteroatoms. The molecular formula is C25H29BrF3N3O4. The second-order valence-electron chi connectivity index (χ2n) is 8.26. The van der Waals surface area contributed by atoms with Crippen LogP contribution in [-0.4, -0.2) is 78.1 Å². The first kappa shape index (κ1) is 29.3. The van der Waals surface area contributed by atoms with Crippen LogP contribution < -0.4 is 5.32 Å². The molecule has 7 nitrogen and oxygen atoms in total. The number of nitrogens with one attached hydrogen (secondary N) is 1. The number of amides is 2. The van der Waals surface area contributed by atoms with Crippen LogP contribution in [0, 0.1) is 0 Å². The van der Waals surface area contributed by atoms with Gasteiger partial charge in [-0.05, 0) is 29.7 Å². The van der Waals surface area contributed by atoms with Gasteiger partial charge in [0, 0.05) is 55.7 Å². The average molecular weight is 572 g/mol. The molecule has 1 fully saturated rings. The molecule has 1 unspecified atom stereocenters. The van der Waals surface area contributed by atoms with E-state index in [1.54, 1.807) is 0 Å². The van der Waals surface area contributed by atoms with Gasteiger partial charge in [-0.2, -0.15) is 13.2 Å². The number of carbonyl (C=O) groups is 3. The van der Waals surface area contributed by atoms with Crippen molar-refractivity contribution in [2.45, 2.75) is 25.4 Å². The molecule has 1 heterocycles. The number of benzene rings is 2. The Morgan fingerprint density at radius 3 is 2.25 bits per heavy atom. The summed E-state index contributed by atoms with van der Waals surface area (Å²) in [6.07, 6.45) is -4.73. The molecule has 2 aromatic carbocycles. The van der Waals surface area contributed by atoms with Gasteiger partial charge >= 0.3 is 12.1 Å². The minimum Gasteiger partial charge on any atom is -0.475 e. The Morgan fingerprint density at radius 2 is 1.69 bits per heavy atom. The molecule has 0 radical (unpaired) electrons. The molecule has 2 amide bonds. The topological polar surface area (TPSA) is 90.0 Å². The number of piperazine rings is 1. The standard InChI is InChI=1S/C23H28BrN3O2.C2HF3O2/c1-18(19-6-3-2-4-7-19)17-27(23(29)20-8-5-9-21(24)16-20)13-10-22(28)26-14-11-25-12-15-26;3-2(4,5)1(6)7/h2-9,16,18,25H,10-15,17H2,1H3;(H,6,7). The van der Waals surface area contributed by atoms with Crippen LogP contribution in [-0.2, 0) is 9.59 Å². The molecule has 3 rings (SSSR count). The highest BCUT2D eigenvalue weighted by molar-refractivity contribution is 9.10. The van der Waals surface area contributed by atoms with E-state index in [0.717, 1.165) is 30.7 Å². The highest BCUT2D eigenvalue weighted by Gasteiger charge is 2.38. The van der Waals surface area contributed by atoms with Crippen molar-refractivity contribution in [1.29, 1.82) is 0 Å². The Kier molecular flexibility index (Phi) is 11.4. The zero-order valence-corrected chi connectivity index (χ0v) is 21.4. The summed E-state index contributed by atoms with van der Waals surface area (Å²) in [4.78, 5) is 38.4. The van der Waals surface area contributed by atoms with Crippen LogP contribution in [0.15, 0.2) is 59.1 Å². The van der Waals surface area contributed by atoms with E-state index >= 15 is 0 Å². The summed E-state index contributed by atoms with van der Waals surface area (Å²) in [7, 11) is 0. The van der Waals surface area contributed by atoms with Crippen LogP contribution in [0.4, 0.5) is 13.2 Å². The monoisotopic (exact) mass is 571 g/mol. The molecule has 196 valence electrons. The maximum Gasteiger partial charge on any atom is 0.490 e. The van der Waals surface area contributed by atoms with E-state index in [1.807, 2.05) is 52.3 Å². The Balaban J connectivity index is 0.000000572. The second-order valence-corrected chi connectivity index (χ2v) is 9.17. The van der Waals surface area contributed by atoms with Crippen molar-refractivity contribution in [3.8, 4) is 0 Å². The van der Waals surface area contributed by atoms with Crippen LogP contribution in [0.5, 0.6) is 0 Å². The molecule has 0 saturated carbocycles. The molecule has 1 saturated heterocycles. The lowest BCUT2D eigenvalue weighted by Gasteiger charge is -2.30. The maximum atomic E-state index is 13.2. The van der Waals surface area contributed by atoms with Gasteiger partial charge < -0.3 is 20.2 Å². The Hall–Kier alpha value is -2.92. The van der Waals surface area contributed by atoms with Crippen LogP contribution in [0.2, 0.25) is 0 Å². The largest absolute Gasteiger partial charge is 0.490 e. The van der Waals surface area contributed by atoms with Gasteiger partial charge in [-0.25, -0.2) is 4.79 Å². The third kappa shape index (κ3) is 9.62. The summed E-state index contributed by atoms with van der Waals surface area (Å²) in [5, 5.41) is 10.4. The molecule has 36 heavy (non-hydrogen) atoms. The lowest BCUT2D eigenvalue weighted by molar-refractivity contribution is -0.192. The van der Waals surface area contributed by atoms with Gasteiger partial charge in [-0.1, -0.05) is 59.3 Å². The predicted molar refractivity (Wildman–Crippen MR) is 133 cm³/mol. The number of carboxylic acid groups (broad SMARTS) is 1. The van der Waals surface area contributed by atoms with E-state index in [9.17, 15) is 22.8 Å². The van der Waals surface area contributed by atoms with Gasteiger partial charge in [0.05, 0.1) is 0 Å². The van der Waals surface area contributed by atoms with Gasteiger partial charge in [0.15, 0.2) is 0 Å². The lowest BCUT2D eigenvalue weighted by atomic mass is 10.00. The maximum absolute atomic E-state index is 13.2. The molecule has 2 aromatic rings. The summed E-state index contributed by atoms with van der Waals surface area (Å²) in [5.74, 6) is -2.50. The Bertz CT molecular complexity index is 1020. The predicted octanol–water partition coefficient (Wildman–Crippen LogP) is 4.15. The van der Waals surface area contributed by atoms with E-state index in [-0.39, 0.29) is 17.7 Å². The van der Waals surface area contributed by atoms with Crippen LogP contribution in [0.1, 0.15) is 35.2 Å². The molecule has 1 aliphatic rings. The smallest absolute Gasteiger partial charge is 0.475 e. The van der Waals surface area contributed by atoms with Gasteiger partial charge in [-0.3, -0.25) is 9.59 Å². The highest BCUT2D eigenvalue weighted by atomic mass is 79.9. The number of nitrogens with zero attached hydrogens (tertiary/aromatic N) is 2. The Labute approximate surface area is 216 Å². The summed E-state index contributed by atoms with van der Waals surface area (Å²) >= 11 is 3.44. The number of carboxylic acids is 1. The fraction of sp³-hybridized carbons (Fsp3) is 0.400. The highest BCUT2D eigenvalue weighted by Crippen LogP contribution is 2.20. The quantitative estimate of drug-likeness (QED) is 0.521. The third-order valence-electron chi connectivity index (χ3n) is 5.53. The number of alkyl halides is 3. The van der Waals surface area contributed by atoms with Crippen LogP contribution in [0.3, 0.4) is 0 Å². The molecule has 1 aliphatic heterocycles. The minimum atomic E-state index is -5.08. The lowest BCUT2D eigenvalue weighted by Crippen LogP contribution is -2.47. The number of hydrogen-bond donors (Lipinski definition) is 2. The van der Waals surface area contributed by atoms with Gasteiger partial charge in [0.25, 0.3) is 5.91 Å². The SMILES string of the molecule is CC(CN(CCC(=O)N1CCNCC1)C(=O)c1cccc(Br)c1)c1ccccc1.O=C(O)C(F)(F)F. The summed E-state index contributed by atoms with van der Waals surface area (Å²) < 4.78 is 32.6. The van der Waals surface area contributed by atoms with E-state index in [0.29, 0.717) is 25.1 Å². The van der Waals surface area contributed by atoms with Crippen LogP contribution >= 0.6 is 15.9 Å². The fourth-order valence-corrected chi connectivity index (χ4v) is 4.00. The number of aliphatic carboxylic acids is 1. The molecule has 0 aromatic heterocycles. The van der Waals surface area contributed by atoms with Gasteiger partial charge in [0.2, 0.25) is 5.91 Å². The van der Waals surface area contributed by atoms with Crippen molar-refractivity contribution in [3.63, 3.8) is 0 Å². The molecular weight excluding hydrogens is 543 g/mol.